The van der Waals surface area contributed by atoms with Crippen molar-refractivity contribution in [2.24, 2.45) is 0 Å². The number of nitrogens with zero attached hydrogens (tertiary/aromatic N) is 1. The molecular weight excluding hydrogens is 271 g/mol. The van der Waals surface area contributed by atoms with Gasteiger partial charge in [0.15, 0.2) is 0 Å². The van der Waals surface area contributed by atoms with E-state index in [1.807, 2.05) is 0 Å². The minimum absolute atomic E-state index is 0.0135. The standard InChI is InChI=1S/C13H10ClFN2O2/c14-12-11(5-9(15)7-16-12)13(19)17-6-8-1-3-10(18)4-2-8/h1-5,7,18H,6H2,(H,17,19). The lowest BCUT2D eigenvalue weighted by atomic mass is 10.2. The maximum absolute atomic E-state index is 13.0. The number of halogens is 2. The number of phenols is 1. The topological polar surface area (TPSA) is 62.2 Å². The summed E-state index contributed by atoms with van der Waals surface area (Å²) in [5.74, 6) is -0.989. The zero-order valence-corrected chi connectivity index (χ0v) is 10.5. The molecular formula is C13H10ClFN2O2. The molecule has 0 spiro atoms. The molecule has 2 N–H and O–H groups in total. The first kappa shape index (κ1) is 13.3. The van der Waals surface area contributed by atoms with E-state index in [2.05, 4.69) is 10.3 Å². The highest BCUT2D eigenvalue weighted by Gasteiger charge is 2.12. The van der Waals surface area contributed by atoms with Crippen LogP contribution in [0.3, 0.4) is 0 Å². The fourth-order valence-electron chi connectivity index (χ4n) is 1.47. The van der Waals surface area contributed by atoms with Crippen molar-refractivity contribution in [1.82, 2.24) is 10.3 Å². The molecule has 1 aromatic heterocycles. The maximum atomic E-state index is 13.0. The Hall–Kier alpha value is -2.14. The van der Waals surface area contributed by atoms with Crippen LogP contribution in [-0.2, 0) is 6.54 Å². The smallest absolute Gasteiger partial charge is 0.254 e. The van der Waals surface area contributed by atoms with E-state index in [0.717, 1.165) is 17.8 Å². The maximum Gasteiger partial charge on any atom is 0.254 e. The molecule has 0 saturated heterocycles. The van der Waals surface area contributed by atoms with Crippen molar-refractivity contribution in [3.8, 4) is 5.75 Å². The molecule has 98 valence electrons. The zero-order chi connectivity index (χ0) is 13.8. The highest BCUT2D eigenvalue weighted by atomic mass is 35.5. The van der Waals surface area contributed by atoms with Crippen LogP contribution in [0.4, 0.5) is 4.39 Å². The Balaban J connectivity index is 2.05. The molecule has 0 unspecified atom stereocenters. The number of aromatic nitrogens is 1. The van der Waals surface area contributed by atoms with E-state index in [9.17, 15) is 9.18 Å². The van der Waals surface area contributed by atoms with Gasteiger partial charge in [0.1, 0.15) is 16.7 Å². The summed E-state index contributed by atoms with van der Waals surface area (Å²) in [7, 11) is 0. The molecule has 0 aliphatic carbocycles. The van der Waals surface area contributed by atoms with Gasteiger partial charge < -0.3 is 10.4 Å². The average Bonchev–Trinajstić information content (AvgIpc) is 2.40. The summed E-state index contributed by atoms with van der Waals surface area (Å²) in [6, 6.07) is 7.39. The summed E-state index contributed by atoms with van der Waals surface area (Å²) in [5.41, 5.74) is 0.784. The number of benzene rings is 1. The average molecular weight is 281 g/mol. The Bertz CT molecular complexity index is 602. The van der Waals surface area contributed by atoms with E-state index in [4.69, 9.17) is 16.7 Å². The Morgan fingerprint density at radius 3 is 2.74 bits per heavy atom. The molecule has 2 aromatic rings. The molecule has 0 aliphatic rings. The third-order valence-electron chi connectivity index (χ3n) is 2.44. The normalized spacial score (nSPS) is 10.2. The number of hydrogen-bond donors (Lipinski definition) is 2. The van der Waals surface area contributed by atoms with Crippen LogP contribution < -0.4 is 5.32 Å². The second-order valence-electron chi connectivity index (χ2n) is 3.84. The fraction of sp³-hybridized carbons (Fsp3) is 0.0769. The van der Waals surface area contributed by atoms with Crippen LogP contribution in [0, 0.1) is 5.82 Å². The van der Waals surface area contributed by atoms with Gasteiger partial charge in [0, 0.05) is 6.54 Å². The van der Waals surface area contributed by atoms with E-state index < -0.39 is 11.7 Å². The lowest BCUT2D eigenvalue weighted by Gasteiger charge is -2.06. The predicted octanol–water partition coefficient (Wildman–Crippen LogP) is 2.51. The van der Waals surface area contributed by atoms with Crippen molar-refractivity contribution >= 4 is 17.5 Å². The molecule has 0 saturated carbocycles. The molecule has 0 radical (unpaired) electrons. The van der Waals surface area contributed by atoms with E-state index in [1.54, 1.807) is 12.1 Å². The first-order chi connectivity index (χ1) is 9.06. The van der Waals surface area contributed by atoms with Gasteiger partial charge in [-0.1, -0.05) is 23.7 Å². The van der Waals surface area contributed by atoms with Gasteiger partial charge in [-0.2, -0.15) is 0 Å². The molecule has 19 heavy (non-hydrogen) atoms. The third-order valence-corrected chi connectivity index (χ3v) is 2.74. The number of pyridine rings is 1. The Labute approximate surface area is 113 Å². The van der Waals surface area contributed by atoms with Gasteiger partial charge in [-0.3, -0.25) is 4.79 Å². The van der Waals surface area contributed by atoms with E-state index in [1.165, 1.54) is 12.1 Å². The number of carbonyl (C=O) groups is 1. The predicted molar refractivity (Wildman–Crippen MR) is 68.5 cm³/mol. The van der Waals surface area contributed by atoms with Crippen LogP contribution in [0.1, 0.15) is 15.9 Å². The van der Waals surface area contributed by atoms with Crippen molar-refractivity contribution in [3.63, 3.8) is 0 Å². The van der Waals surface area contributed by atoms with Crippen molar-refractivity contribution in [2.45, 2.75) is 6.54 Å². The lowest BCUT2D eigenvalue weighted by molar-refractivity contribution is 0.0950. The van der Waals surface area contributed by atoms with Crippen molar-refractivity contribution in [2.75, 3.05) is 0 Å². The highest BCUT2D eigenvalue weighted by Crippen LogP contribution is 2.14. The van der Waals surface area contributed by atoms with Crippen LogP contribution in [0.15, 0.2) is 36.5 Å². The first-order valence-corrected chi connectivity index (χ1v) is 5.81. The highest BCUT2D eigenvalue weighted by molar-refractivity contribution is 6.32. The largest absolute Gasteiger partial charge is 0.508 e. The molecule has 0 atom stereocenters. The molecule has 6 heteroatoms. The van der Waals surface area contributed by atoms with Gasteiger partial charge in [0.05, 0.1) is 11.8 Å². The number of rotatable bonds is 3. The van der Waals surface area contributed by atoms with Crippen LogP contribution in [-0.4, -0.2) is 16.0 Å². The Morgan fingerprint density at radius 1 is 1.37 bits per heavy atom. The number of carbonyl (C=O) groups excluding carboxylic acids is 1. The van der Waals surface area contributed by atoms with Gasteiger partial charge in [0.25, 0.3) is 5.91 Å². The zero-order valence-electron chi connectivity index (χ0n) is 9.73. The molecule has 0 fully saturated rings. The minimum atomic E-state index is -0.626. The van der Waals surface area contributed by atoms with Gasteiger partial charge in [0.2, 0.25) is 0 Å². The van der Waals surface area contributed by atoms with E-state index in [-0.39, 0.29) is 23.0 Å². The van der Waals surface area contributed by atoms with Crippen molar-refractivity contribution < 1.29 is 14.3 Å². The third kappa shape index (κ3) is 3.42. The summed E-state index contributed by atoms with van der Waals surface area (Å²) >= 11 is 5.72. The second kappa shape index (κ2) is 5.67. The molecule has 1 heterocycles. The fourth-order valence-corrected chi connectivity index (χ4v) is 1.66. The van der Waals surface area contributed by atoms with Crippen LogP contribution >= 0.6 is 11.6 Å². The number of phenolic OH excluding ortho intramolecular Hbond substituents is 1. The molecule has 1 amide bonds. The summed E-state index contributed by atoms with van der Waals surface area (Å²) in [5, 5.41) is 11.7. The summed E-state index contributed by atoms with van der Waals surface area (Å²) in [4.78, 5) is 15.4. The SMILES string of the molecule is O=C(NCc1ccc(O)cc1)c1cc(F)cnc1Cl. The van der Waals surface area contributed by atoms with Gasteiger partial charge in [-0.05, 0) is 23.8 Å². The quantitative estimate of drug-likeness (QED) is 0.849. The minimum Gasteiger partial charge on any atom is -0.508 e. The van der Waals surface area contributed by atoms with Crippen LogP contribution in [0.2, 0.25) is 5.15 Å². The number of nitrogens with one attached hydrogen (secondary N) is 1. The summed E-state index contributed by atoms with van der Waals surface area (Å²) in [6.45, 7) is 0.242. The first-order valence-electron chi connectivity index (χ1n) is 5.43. The van der Waals surface area contributed by atoms with Crippen LogP contribution in [0.25, 0.3) is 0 Å². The molecule has 4 nitrogen and oxygen atoms in total. The Morgan fingerprint density at radius 2 is 2.05 bits per heavy atom. The number of hydrogen-bond acceptors (Lipinski definition) is 3. The van der Waals surface area contributed by atoms with Gasteiger partial charge >= 0.3 is 0 Å². The lowest BCUT2D eigenvalue weighted by Crippen LogP contribution is -2.23. The van der Waals surface area contributed by atoms with Gasteiger partial charge in [-0.15, -0.1) is 0 Å². The number of amides is 1. The van der Waals surface area contributed by atoms with Gasteiger partial charge in [-0.25, -0.2) is 9.37 Å². The van der Waals surface area contributed by atoms with Crippen molar-refractivity contribution in [1.29, 1.82) is 0 Å². The number of aromatic hydroxyl groups is 1. The van der Waals surface area contributed by atoms with E-state index in [0.29, 0.717) is 0 Å². The molecule has 1 aromatic carbocycles. The van der Waals surface area contributed by atoms with E-state index >= 15 is 0 Å². The second-order valence-corrected chi connectivity index (χ2v) is 4.20. The summed E-state index contributed by atoms with van der Waals surface area (Å²) in [6.07, 6.45) is 0.944. The Kier molecular flexibility index (Phi) is 3.97. The summed E-state index contributed by atoms with van der Waals surface area (Å²) < 4.78 is 13.0. The molecule has 2 rings (SSSR count). The van der Waals surface area contributed by atoms with Crippen molar-refractivity contribution in [3.05, 3.63) is 58.6 Å². The van der Waals surface area contributed by atoms with Crippen LogP contribution in [0.5, 0.6) is 5.75 Å². The monoisotopic (exact) mass is 280 g/mol. The molecule has 0 aliphatic heterocycles. The molecule has 0 bridgehead atoms.